The van der Waals surface area contributed by atoms with E-state index in [-0.39, 0.29) is 0 Å². The Balaban J connectivity index is 2.26. The number of ether oxygens (including phenoxy) is 1. The standard InChI is InChI=1S/C14H22N4O2S/c1-16(2)11-6-7-17(9-11)10-4-5-13(20-3)12(8-10)18(21)14(15)19/h4-5,8,11,21H,6-7,9H2,1-3H3,(H2,15,19). The predicted octanol–water partition coefficient (Wildman–Crippen LogP) is 1.57. The van der Waals surface area contributed by atoms with Crippen LogP contribution >= 0.6 is 12.8 Å². The normalized spacial score (nSPS) is 18.1. The molecule has 0 bridgehead atoms. The molecule has 1 heterocycles. The van der Waals surface area contributed by atoms with Crippen molar-refractivity contribution in [2.45, 2.75) is 12.5 Å². The van der Waals surface area contributed by atoms with Crippen molar-refractivity contribution in [1.82, 2.24) is 4.90 Å². The van der Waals surface area contributed by atoms with Gasteiger partial charge in [0.05, 0.1) is 7.11 Å². The van der Waals surface area contributed by atoms with Gasteiger partial charge in [-0.3, -0.25) is 0 Å². The molecule has 0 aliphatic carbocycles. The van der Waals surface area contributed by atoms with Crippen LogP contribution in [-0.4, -0.2) is 51.3 Å². The van der Waals surface area contributed by atoms with Crippen molar-refractivity contribution in [2.75, 3.05) is 43.5 Å². The molecule has 0 aromatic heterocycles. The smallest absolute Gasteiger partial charge is 0.329 e. The Morgan fingerprint density at radius 2 is 2.19 bits per heavy atom. The van der Waals surface area contributed by atoms with Crippen molar-refractivity contribution in [3.63, 3.8) is 0 Å². The molecule has 1 unspecified atom stereocenters. The van der Waals surface area contributed by atoms with Crippen molar-refractivity contribution in [3.8, 4) is 5.75 Å². The maximum atomic E-state index is 11.3. The summed E-state index contributed by atoms with van der Waals surface area (Å²) < 4.78 is 6.37. The summed E-state index contributed by atoms with van der Waals surface area (Å²) in [7, 11) is 5.74. The molecule has 116 valence electrons. The number of urea groups is 1. The van der Waals surface area contributed by atoms with Gasteiger partial charge in [0.15, 0.2) is 0 Å². The van der Waals surface area contributed by atoms with E-state index in [2.05, 4.69) is 36.7 Å². The molecule has 2 rings (SSSR count). The third-order valence-corrected chi connectivity index (χ3v) is 4.27. The van der Waals surface area contributed by atoms with Crippen LogP contribution in [-0.2, 0) is 0 Å². The van der Waals surface area contributed by atoms with Crippen molar-refractivity contribution >= 4 is 30.2 Å². The molecular formula is C14H22N4O2S. The van der Waals surface area contributed by atoms with Gasteiger partial charge in [0.2, 0.25) is 0 Å². The van der Waals surface area contributed by atoms with Crippen LogP contribution < -0.4 is 19.7 Å². The molecule has 0 saturated carbocycles. The van der Waals surface area contributed by atoms with Gasteiger partial charge in [-0.25, -0.2) is 9.10 Å². The van der Waals surface area contributed by atoms with E-state index in [1.54, 1.807) is 7.11 Å². The molecule has 0 spiro atoms. The van der Waals surface area contributed by atoms with Gasteiger partial charge in [0.1, 0.15) is 11.4 Å². The topological polar surface area (TPSA) is 62.0 Å². The Hall–Kier alpha value is -1.60. The van der Waals surface area contributed by atoms with E-state index in [4.69, 9.17) is 10.5 Å². The molecule has 1 aromatic carbocycles. The molecule has 2 amide bonds. The SMILES string of the molecule is COc1ccc(N2CCC(N(C)C)C2)cc1N(S)C(N)=O. The monoisotopic (exact) mass is 310 g/mol. The van der Waals surface area contributed by atoms with Crippen LogP contribution in [0.3, 0.4) is 0 Å². The number of hydrogen-bond acceptors (Lipinski definition) is 5. The first-order chi connectivity index (χ1) is 9.93. The number of thiol groups is 1. The zero-order chi connectivity index (χ0) is 15.6. The highest BCUT2D eigenvalue weighted by Gasteiger charge is 2.25. The van der Waals surface area contributed by atoms with Crippen LogP contribution in [0.15, 0.2) is 18.2 Å². The molecular weight excluding hydrogens is 288 g/mol. The number of anilines is 2. The van der Waals surface area contributed by atoms with Crippen LogP contribution in [0.2, 0.25) is 0 Å². The number of hydrogen-bond donors (Lipinski definition) is 2. The van der Waals surface area contributed by atoms with Gasteiger partial charge in [-0.15, -0.1) is 0 Å². The maximum absolute atomic E-state index is 11.3. The molecule has 6 nitrogen and oxygen atoms in total. The Morgan fingerprint density at radius 3 is 2.71 bits per heavy atom. The number of primary amides is 1. The molecule has 21 heavy (non-hydrogen) atoms. The van der Waals surface area contributed by atoms with Crippen LogP contribution in [0.25, 0.3) is 0 Å². The summed E-state index contributed by atoms with van der Waals surface area (Å²) in [5, 5.41) is 0. The second kappa shape index (κ2) is 6.44. The van der Waals surface area contributed by atoms with Gasteiger partial charge in [-0.2, -0.15) is 0 Å². The second-order valence-electron chi connectivity index (χ2n) is 5.36. The zero-order valence-electron chi connectivity index (χ0n) is 12.6. The van der Waals surface area contributed by atoms with Crippen molar-refractivity contribution in [2.24, 2.45) is 5.73 Å². The van der Waals surface area contributed by atoms with E-state index in [0.717, 1.165) is 29.5 Å². The molecule has 2 N–H and O–H groups in total. The average Bonchev–Trinajstić information content (AvgIpc) is 2.95. The fourth-order valence-electron chi connectivity index (χ4n) is 2.56. The number of likely N-dealkylation sites (N-methyl/N-ethyl adjacent to an activating group) is 1. The molecule has 1 atom stereocenters. The van der Waals surface area contributed by atoms with Crippen LogP contribution in [0.4, 0.5) is 16.2 Å². The minimum absolute atomic E-state index is 0.541. The van der Waals surface area contributed by atoms with Gasteiger partial charge in [-0.1, -0.05) is 12.8 Å². The summed E-state index contributed by atoms with van der Waals surface area (Å²) >= 11 is 4.13. The van der Waals surface area contributed by atoms with E-state index >= 15 is 0 Å². The lowest BCUT2D eigenvalue weighted by Gasteiger charge is -2.24. The van der Waals surface area contributed by atoms with E-state index in [1.807, 2.05) is 18.2 Å². The summed E-state index contributed by atoms with van der Waals surface area (Å²) in [6.45, 7) is 1.94. The van der Waals surface area contributed by atoms with Gasteiger partial charge < -0.3 is 20.3 Å². The predicted molar refractivity (Wildman–Crippen MR) is 88.3 cm³/mol. The number of amides is 2. The Morgan fingerprint density at radius 1 is 1.48 bits per heavy atom. The lowest BCUT2D eigenvalue weighted by atomic mass is 10.2. The number of rotatable bonds is 4. The minimum Gasteiger partial charge on any atom is -0.495 e. The quantitative estimate of drug-likeness (QED) is 0.829. The van der Waals surface area contributed by atoms with Gasteiger partial charge >= 0.3 is 6.03 Å². The molecule has 1 fully saturated rings. The fraction of sp³-hybridized carbons (Fsp3) is 0.500. The third kappa shape index (κ3) is 3.36. The maximum Gasteiger partial charge on any atom is 0.329 e. The van der Waals surface area contributed by atoms with Crippen molar-refractivity contribution in [3.05, 3.63) is 18.2 Å². The summed E-state index contributed by atoms with van der Waals surface area (Å²) in [4.78, 5) is 15.9. The van der Waals surface area contributed by atoms with Crippen molar-refractivity contribution in [1.29, 1.82) is 0 Å². The lowest BCUT2D eigenvalue weighted by Crippen LogP contribution is -2.31. The Kier molecular flexibility index (Phi) is 4.84. The highest BCUT2D eigenvalue weighted by atomic mass is 32.1. The molecule has 1 saturated heterocycles. The number of carbonyl (C=O) groups excluding carboxylic acids is 1. The van der Waals surface area contributed by atoms with E-state index in [9.17, 15) is 4.79 Å². The molecule has 1 aromatic rings. The van der Waals surface area contributed by atoms with Gasteiger partial charge in [0, 0.05) is 24.8 Å². The van der Waals surface area contributed by atoms with E-state index in [0.29, 0.717) is 17.5 Å². The first kappa shape index (κ1) is 15.8. The second-order valence-corrected chi connectivity index (χ2v) is 5.76. The Bertz CT molecular complexity index is 524. The van der Waals surface area contributed by atoms with Crippen LogP contribution in [0.5, 0.6) is 5.75 Å². The van der Waals surface area contributed by atoms with Gasteiger partial charge in [-0.05, 0) is 38.7 Å². The fourth-order valence-corrected chi connectivity index (χ4v) is 2.71. The van der Waals surface area contributed by atoms with E-state index in [1.165, 1.54) is 0 Å². The number of nitrogens with zero attached hydrogens (tertiary/aromatic N) is 3. The first-order valence-electron chi connectivity index (χ1n) is 6.82. The van der Waals surface area contributed by atoms with E-state index < -0.39 is 6.03 Å². The summed E-state index contributed by atoms with van der Waals surface area (Å²) in [5.41, 5.74) is 6.88. The molecule has 1 aliphatic rings. The molecule has 0 radical (unpaired) electrons. The van der Waals surface area contributed by atoms with Crippen LogP contribution in [0.1, 0.15) is 6.42 Å². The number of carbonyl (C=O) groups is 1. The summed E-state index contributed by atoms with van der Waals surface area (Å²) in [6.07, 6.45) is 1.12. The van der Waals surface area contributed by atoms with Crippen LogP contribution in [0, 0.1) is 0 Å². The highest BCUT2D eigenvalue weighted by molar-refractivity contribution is 7.82. The molecule has 1 aliphatic heterocycles. The third-order valence-electron chi connectivity index (χ3n) is 3.86. The summed E-state index contributed by atoms with van der Waals surface area (Å²) in [6, 6.07) is 5.61. The zero-order valence-corrected chi connectivity index (χ0v) is 13.5. The Labute approximate surface area is 131 Å². The average molecular weight is 310 g/mol. The summed E-state index contributed by atoms with van der Waals surface area (Å²) in [5.74, 6) is 0.566. The van der Waals surface area contributed by atoms with Gasteiger partial charge in [0.25, 0.3) is 0 Å². The first-order valence-corrected chi connectivity index (χ1v) is 7.22. The van der Waals surface area contributed by atoms with Crippen molar-refractivity contribution < 1.29 is 9.53 Å². The number of benzene rings is 1. The lowest BCUT2D eigenvalue weighted by molar-refractivity contribution is 0.257. The number of nitrogens with two attached hydrogens (primary N) is 1. The number of methoxy groups -OCH3 is 1. The largest absolute Gasteiger partial charge is 0.495 e. The minimum atomic E-state index is -0.638. The highest BCUT2D eigenvalue weighted by Crippen LogP contribution is 2.34. The molecule has 7 heteroatoms.